The van der Waals surface area contributed by atoms with Crippen LogP contribution in [0.1, 0.15) is 75.0 Å². The Morgan fingerprint density at radius 1 is 1.18 bits per heavy atom. The molecule has 1 atom stereocenters. The minimum atomic E-state index is -0.827. The molecule has 0 aliphatic heterocycles. The summed E-state index contributed by atoms with van der Waals surface area (Å²) in [5.41, 5.74) is 15.7. The monoisotopic (exact) mass is 525 g/mol. The molecule has 1 fully saturated rings. The number of nitrogens with zero attached hydrogens (tertiary/aromatic N) is 5. The Bertz CT molecular complexity index is 1410. The lowest BCUT2D eigenvalue weighted by atomic mass is 9.63. The summed E-state index contributed by atoms with van der Waals surface area (Å²) in [5.74, 6) is -0.569. The molecule has 2 amide bonds. The van der Waals surface area contributed by atoms with Gasteiger partial charge in [-0.1, -0.05) is 23.9 Å². The first-order valence-electron chi connectivity index (χ1n) is 12.9. The standard InChI is InChI=1S/C28H31N9O2/c1-16(14-29)37(22-5-6-22)17(2)15-32-10-9-28(27-33-35-36-34-27)23-7-3-18(25(30)38)11-20(23)13-21-12-19(26(31)39)4-8-24(21)28/h3-4,7-8,11-12,16,22,32H,2,5-6,9-10,13,15H2,1H3,(H2,30,38)(H2,31,39)(H,33,34,35,36). The number of fused-ring (bicyclic) bond motifs is 2. The highest BCUT2D eigenvalue weighted by atomic mass is 16.1. The van der Waals surface area contributed by atoms with Crippen LogP contribution in [-0.4, -0.2) is 62.5 Å². The predicted molar refractivity (Wildman–Crippen MR) is 143 cm³/mol. The lowest BCUT2D eigenvalue weighted by molar-refractivity contribution is 0.0992. The zero-order chi connectivity index (χ0) is 27.7. The van der Waals surface area contributed by atoms with E-state index >= 15 is 0 Å². The summed E-state index contributed by atoms with van der Waals surface area (Å²) in [7, 11) is 0. The topological polar surface area (TPSA) is 180 Å². The molecule has 0 bridgehead atoms. The van der Waals surface area contributed by atoms with E-state index in [2.05, 4.69) is 43.5 Å². The van der Waals surface area contributed by atoms with Crippen molar-refractivity contribution in [3.63, 3.8) is 0 Å². The minimum Gasteiger partial charge on any atom is -0.366 e. The Balaban J connectivity index is 1.51. The van der Waals surface area contributed by atoms with Gasteiger partial charge in [-0.25, -0.2) is 0 Å². The first kappa shape index (κ1) is 26.1. The molecule has 0 radical (unpaired) electrons. The zero-order valence-electron chi connectivity index (χ0n) is 21.8. The van der Waals surface area contributed by atoms with Gasteiger partial charge in [0.05, 0.1) is 11.5 Å². The van der Waals surface area contributed by atoms with Crippen molar-refractivity contribution in [3.8, 4) is 6.07 Å². The van der Waals surface area contributed by atoms with Gasteiger partial charge < -0.3 is 21.7 Å². The van der Waals surface area contributed by atoms with E-state index in [4.69, 9.17) is 11.5 Å². The number of nitrogens with one attached hydrogen (secondary N) is 2. The Morgan fingerprint density at radius 2 is 1.79 bits per heavy atom. The summed E-state index contributed by atoms with van der Waals surface area (Å²) in [5, 5.41) is 28.2. The number of amides is 2. The quantitative estimate of drug-likeness (QED) is 0.272. The first-order chi connectivity index (χ1) is 18.8. The van der Waals surface area contributed by atoms with Gasteiger partial charge in [-0.05, 0) is 85.7 Å². The average molecular weight is 526 g/mol. The molecule has 2 aliphatic carbocycles. The molecule has 0 spiro atoms. The molecule has 11 heteroatoms. The van der Waals surface area contributed by atoms with E-state index in [1.165, 1.54) is 0 Å². The number of primary amides is 2. The van der Waals surface area contributed by atoms with Crippen molar-refractivity contribution < 1.29 is 9.59 Å². The predicted octanol–water partition coefficient (Wildman–Crippen LogP) is 1.51. The maximum Gasteiger partial charge on any atom is 0.248 e. The van der Waals surface area contributed by atoms with E-state index in [9.17, 15) is 14.9 Å². The van der Waals surface area contributed by atoms with E-state index in [1.54, 1.807) is 24.3 Å². The van der Waals surface area contributed by atoms with Crippen LogP contribution in [0.3, 0.4) is 0 Å². The third-order valence-electron chi connectivity index (χ3n) is 7.72. The molecule has 5 rings (SSSR count). The average Bonchev–Trinajstić information content (AvgIpc) is 3.59. The molecular weight excluding hydrogens is 494 g/mol. The van der Waals surface area contributed by atoms with Crippen LogP contribution in [0.5, 0.6) is 0 Å². The van der Waals surface area contributed by atoms with E-state index in [0.29, 0.717) is 48.9 Å². The highest BCUT2D eigenvalue weighted by Gasteiger charge is 2.45. The zero-order valence-corrected chi connectivity index (χ0v) is 21.8. The third kappa shape index (κ3) is 4.75. The Morgan fingerprint density at radius 3 is 2.28 bits per heavy atom. The largest absolute Gasteiger partial charge is 0.366 e. The number of nitrogens with two attached hydrogens (primary N) is 2. The van der Waals surface area contributed by atoms with Crippen molar-refractivity contribution >= 4 is 11.8 Å². The second kappa shape index (κ2) is 10.3. The van der Waals surface area contributed by atoms with Gasteiger partial charge >= 0.3 is 0 Å². The van der Waals surface area contributed by atoms with Crippen molar-refractivity contribution in [2.75, 3.05) is 13.1 Å². The normalized spacial score (nSPS) is 15.9. The van der Waals surface area contributed by atoms with E-state index in [-0.39, 0.29) is 6.04 Å². The third-order valence-corrected chi connectivity index (χ3v) is 7.72. The van der Waals surface area contributed by atoms with Gasteiger partial charge in [-0.2, -0.15) is 10.5 Å². The summed E-state index contributed by atoms with van der Waals surface area (Å²) in [6.45, 7) is 7.22. The van der Waals surface area contributed by atoms with Crippen LogP contribution in [0.4, 0.5) is 0 Å². The van der Waals surface area contributed by atoms with Crippen LogP contribution in [-0.2, 0) is 11.8 Å². The van der Waals surface area contributed by atoms with Crippen LogP contribution < -0.4 is 16.8 Å². The molecule has 1 unspecified atom stereocenters. The van der Waals surface area contributed by atoms with Crippen molar-refractivity contribution in [1.29, 1.82) is 5.26 Å². The van der Waals surface area contributed by atoms with Crippen LogP contribution in [0, 0.1) is 11.3 Å². The molecule has 1 saturated carbocycles. The number of carbonyl (C=O) groups is 2. The van der Waals surface area contributed by atoms with Gasteiger partial charge in [0.25, 0.3) is 0 Å². The lowest BCUT2D eigenvalue weighted by Crippen LogP contribution is -2.41. The highest BCUT2D eigenvalue weighted by Crippen LogP contribution is 2.47. The summed E-state index contributed by atoms with van der Waals surface area (Å²) in [4.78, 5) is 26.1. The summed E-state index contributed by atoms with van der Waals surface area (Å²) < 4.78 is 0. The number of tetrazole rings is 1. The van der Waals surface area contributed by atoms with Crippen molar-refractivity contribution in [1.82, 2.24) is 30.8 Å². The van der Waals surface area contributed by atoms with Gasteiger partial charge in [-0.3, -0.25) is 9.59 Å². The molecule has 1 aromatic heterocycles. The number of rotatable bonds is 11. The highest BCUT2D eigenvalue weighted by molar-refractivity contribution is 5.94. The van der Waals surface area contributed by atoms with Crippen LogP contribution in [0.2, 0.25) is 0 Å². The molecule has 200 valence electrons. The minimum absolute atomic E-state index is 0.242. The fourth-order valence-electron chi connectivity index (χ4n) is 5.80. The number of nitriles is 1. The number of hydrogen-bond acceptors (Lipinski definition) is 8. The Hall–Kier alpha value is -4.56. The number of H-pyrrole nitrogens is 1. The van der Waals surface area contributed by atoms with E-state index in [1.807, 2.05) is 19.1 Å². The van der Waals surface area contributed by atoms with Crippen molar-refractivity contribution in [2.45, 2.75) is 50.1 Å². The molecule has 1 heterocycles. The van der Waals surface area contributed by atoms with E-state index < -0.39 is 17.2 Å². The maximum atomic E-state index is 12.0. The molecule has 39 heavy (non-hydrogen) atoms. The van der Waals surface area contributed by atoms with Crippen molar-refractivity contribution in [2.24, 2.45) is 11.5 Å². The summed E-state index contributed by atoms with van der Waals surface area (Å²) in [6.07, 6.45) is 3.17. The second-order valence-corrected chi connectivity index (χ2v) is 10.2. The Kier molecular flexibility index (Phi) is 6.89. The fourth-order valence-corrected chi connectivity index (χ4v) is 5.80. The molecule has 2 aromatic carbocycles. The Labute approximate surface area is 226 Å². The number of aromatic amines is 1. The van der Waals surface area contributed by atoms with Crippen LogP contribution in [0.25, 0.3) is 0 Å². The number of hydrogen-bond donors (Lipinski definition) is 4. The number of aromatic nitrogens is 4. The second-order valence-electron chi connectivity index (χ2n) is 10.2. The number of benzene rings is 2. The van der Waals surface area contributed by atoms with Gasteiger partial charge in [0.1, 0.15) is 6.04 Å². The maximum absolute atomic E-state index is 12.0. The molecule has 11 nitrogen and oxygen atoms in total. The van der Waals surface area contributed by atoms with Crippen LogP contribution in [0.15, 0.2) is 48.7 Å². The molecule has 0 saturated heterocycles. The van der Waals surface area contributed by atoms with Gasteiger partial charge in [0.15, 0.2) is 5.82 Å². The first-order valence-corrected chi connectivity index (χ1v) is 12.9. The lowest BCUT2D eigenvalue weighted by Gasteiger charge is -2.39. The molecular formula is C28H31N9O2. The molecule has 2 aliphatic rings. The molecule has 6 N–H and O–H groups in total. The summed E-state index contributed by atoms with van der Waals surface area (Å²) >= 11 is 0. The smallest absolute Gasteiger partial charge is 0.248 e. The summed E-state index contributed by atoms with van der Waals surface area (Å²) in [6, 6.07) is 13.3. The van der Waals surface area contributed by atoms with Gasteiger partial charge in [-0.15, -0.1) is 10.2 Å². The fraction of sp³-hybridized carbons (Fsp3) is 0.357. The number of carbonyl (C=O) groups excluding carboxylic acids is 2. The van der Waals surface area contributed by atoms with Gasteiger partial charge in [0, 0.05) is 29.4 Å². The van der Waals surface area contributed by atoms with Crippen LogP contribution >= 0.6 is 0 Å². The van der Waals surface area contributed by atoms with E-state index in [0.717, 1.165) is 40.8 Å². The van der Waals surface area contributed by atoms with Crippen molar-refractivity contribution in [3.05, 3.63) is 87.9 Å². The molecule has 3 aromatic rings. The van der Waals surface area contributed by atoms with Gasteiger partial charge in [0.2, 0.25) is 11.8 Å². The SMILES string of the molecule is C=C(CNCCC1(c2nn[nH]n2)c2ccc(C(N)=O)cc2Cc2cc(C(N)=O)ccc21)N(C(C)C#N)C1CC1.